The number of Topliss-reactive ketones (excluding diaryl/α,β-unsaturated/α-hetero) is 1. The standard InChI is InChI=1S/C15H10F2O2S/c16-9-5-10(17)7-12(6-9)19-11-1-2-15-13(8-11)14(18)3-4-20-15/h1-2,5-8H,3-4H2. The molecule has 0 fully saturated rings. The van der Waals surface area contributed by atoms with Gasteiger partial charge in [0.05, 0.1) is 0 Å². The first-order chi connectivity index (χ1) is 9.61. The van der Waals surface area contributed by atoms with Gasteiger partial charge in [-0.1, -0.05) is 0 Å². The minimum absolute atomic E-state index is 0.0645. The highest BCUT2D eigenvalue weighted by Gasteiger charge is 2.18. The van der Waals surface area contributed by atoms with Crippen LogP contribution in [0.4, 0.5) is 8.78 Å². The van der Waals surface area contributed by atoms with Gasteiger partial charge in [0.2, 0.25) is 0 Å². The highest BCUT2D eigenvalue weighted by Crippen LogP contribution is 2.34. The van der Waals surface area contributed by atoms with Gasteiger partial charge in [-0.3, -0.25) is 4.79 Å². The Morgan fingerprint density at radius 3 is 2.50 bits per heavy atom. The third kappa shape index (κ3) is 2.67. The molecule has 2 aromatic rings. The molecule has 5 heteroatoms. The second kappa shape index (κ2) is 5.25. The van der Waals surface area contributed by atoms with Crippen molar-refractivity contribution in [3.63, 3.8) is 0 Å². The van der Waals surface area contributed by atoms with Crippen LogP contribution in [0.5, 0.6) is 11.5 Å². The third-order valence-corrected chi connectivity index (χ3v) is 3.99. The van der Waals surface area contributed by atoms with Crippen molar-refractivity contribution < 1.29 is 18.3 Å². The summed E-state index contributed by atoms with van der Waals surface area (Å²) < 4.78 is 31.6. The fraction of sp³-hybridized carbons (Fsp3) is 0.133. The number of carbonyl (C=O) groups is 1. The molecule has 20 heavy (non-hydrogen) atoms. The van der Waals surface area contributed by atoms with Gasteiger partial charge in [-0.25, -0.2) is 8.78 Å². The maximum atomic E-state index is 13.1. The Bertz CT molecular complexity index is 665. The molecule has 0 atom stereocenters. The number of hydrogen-bond acceptors (Lipinski definition) is 3. The SMILES string of the molecule is O=C1CCSc2ccc(Oc3cc(F)cc(F)c3)cc21. The summed E-state index contributed by atoms with van der Waals surface area (Å²) >= 11 is 1.62. The molecule has 0 saturated carbocycles. The van der Waals surface area contributed by atoms with Crippen LogP contribution in [-0.2, 0) is 0 Å². The van der Waals surface area contributed by atoms with Gasteiger partial charge in [0.1, 0.15) is 23.1 Å². The molecule has 0 spiro atoms. The summed E-state index contributed by atoms with van der Waals surface area (Å²) in [7, 11) is 0. The van der Waals surface area contributed by atoms with E-state index in [-0.39, 0.29) is 11.5 Å². The second-order valence-electron chi connectivity index (χ2n) is 4.39. The van der Waals surface area contributed by atoms with Crippen LogP contribution in [0.1, 0.15) is 16.8 Å². The fourth-order valence-corrected chi connectivity index (χ4v) is 3.03. The predicted octanol–water partition coefficient (Wildman–Crippen LogP) is 4.44. The minimum atomic E-state index is -0.704. The Morgan fingerprint density at radius 1 is 1.00 bits per heavy atom. The van der Waals surface area contributed by atoms with Gasteiger partial charge in [-0.05, 0) is 18.2 Å². The molecule has 0 bridgehead atoms. The van der Waals surface area contributed by atoms with Gasteiger partial charge in [0.15, 0.2) is 5.78 Å². The average Bonchev–Trinajstić information content (AvgIpc) is 2.38. The molecule has 0 aliphatic carbocycles. The number of carbonyl (C=O) groups excluding carboxylic acids is 1. The zero-order valence-corrected chi connectivity index (χ0v) is 11.2. The molecule has 0 radical (unpaired) electrons. The lowest BCUT2D eigenvalue weighted by Gasteiger charge is -2.15. The first-order valence-electron chi connectivity index (χ1n) is 6.06. The maximum Gasteiger partial charge on any atom is 0.164 e. The van der Waals surface area contributed by atoms with E-state index in [4.69, 9.17) is 4.74 Å². The first-order valence-corrected chi connectivity index (χ1v) is 7.04. The molecule has 0 unspecified atom stereocenters. The van der Waals surface area contributed by atoms with E-state index in [0.29, 0.717) is 17.7 Å². The summed E-state index contributed by atoms with van der Waals surface area (Å²) in [5, 5.41) is 0. The highest BCUT2D eigenvalue weighted by molar-refractivity contribution is 7.99. The van der Waals surface area contributed by atoms with Gasteiger partial charge < -0.3 is 4.74 Å². The average molecular weight is 292 g/mol. The van der Waals surface area contributed by atoms with E-state index in [1.54, 1.807) is 30.0 Å². The van der Waals surface area contributed by atoms with Crippen LogP contribution < -0.4 is 4.74 Å². The lowest BCUT2D eigenvalue weighted by atomic mass is 10.1. The van der Waals surface area contributed by atoms with Crippen LogP contribution in [0.3, 0.4) is 0 Å². The number of ether oxygens (including phenoxy) is 1. The quantitative estimate of drug-likeness (QED) is 0.818. The number of hydrogen-bond donors (Lipinski definition) is 0. The Hall–Kier alpha value is -1.88. The molecule has 1 aliphatic heterocycles. The lowest BCUT2D eigenvalue weighted by Crippen LogP contribution is -2.08. The Labute approximate surface area is 118 Å². The fourth-order valence-electron chi connectivity index (χ4n) is 2.03. The third-order valence-electron chi connectivity index (χ3n) is 2.91. The maximum absolute atomic E-state index is 13.1. The van der Waals surface area contributed by atoms with Crippen molar-refractivity contribution in [2.45, 2.75) is 11.3 Å². The number of rotatable bonds is 2. The molecule has 0 saturated heterocycles. The van der Waals surface area contributed by atoms with Crippen molar-refractivity contribution in [2.75, 3.05) is 5.75 Å². The Morgan fingerprint density at radius 2 is 1.75 bits per heavy atom. The topological polar surface area (TPSA) is 26.3 Å². The van der Waals surface area contributed by atoms with E-state index in [2.05, 4.69) is 0 Å². The smallest absolute Gasteiger partial charge is 0.164 e. The van der Waals surface area contributed by atoms with Gasteiger partial charge in [0.25, 0.3) is 0 Å². The van der Waals surface area contributed by atoms with E-state index in [1.165, 1.54) is 0 Å². The number of thioether (sulfide) groups is 1. The van der Waals surface area contributed by atoms with Crippen molar-refractivity contribution in [3.8, 4) is 11.5 Å². The van der Waals surface area contributed by atoms with Crippen molar-refractivity contribution in [3.05, 3.63) is 53.6 Å². The zero-order valence-electron chi connectivity index (χ0n) is 10.4. The van der Waals surface area contributed by atoms with Crippen molar-refractivity contribution >= 4 is 17.5 Å². The summed E-state index contributed by atoms with van der Waals surface area (Å²) in [5.41, 5.74) is 0.607. The van der Waals surface area contributed by atoms with Crippen LogP contribution in [0.25, 0.3) is 0 Å². The van der Waals surface area contributed by atoms with Crippen LogP contribution >= 0.6 is 11.8 Å². The van der Waals surface area contributed by atoms with Crippen LogP contribution in [0, 0.1) is 11.6 Å². The molecule has 1 aliphatic rings. The largest absolute Gasteiger partial charge is 0.457 e. The van der Waals surface area contributed by atoms with Gasteiger partial charge in [-0.2, -0.15) is 0 Å². The number of halogens is 2. The number of benzene rings is 2. The highest BCUT2D eigenvalue weighted by atomic mass is 32.2. The molecule has 0 aromatic heterocycles. The summed E-state index contributed by atoms with van der Waals surface area (Å²) in [6.07, 6.45) is 0.496. The molecule has 102 valence electrons. The summed E-state index contributed by atoms with van der Waals surface area (Å²) in [6.45, 7) is 0. The molecule has 0 amide bonds. The first kappa shape index (κ1) is 13.1. The molecule has 1 heterocycles. The summed E-state index contributed by atoms with van der Waals surface area (Å²) in [4.78, 5) is 12.7. The van der Waals surface area contributed by atoms with Crippen molar-refractivity contribution in [1.29, 1.82) is 0 Å². The molecule has 2 nitrogen and oxygen atoms in total. The van der Waals surface area contributed by atoms with E-state index in [0.717, 1.165) is 28.8 Å². The Balaban J connectivity index is 1.91. The number of fused-ring (bicyclic) bond motifs is 1. The molecule has 2 aromatic carbocycles. The van der Waals surface area contributed by atoms with Crippen LogP contribution in [0.15, 0.2) is 41.3 Å². The normalized spacial score (nSPS) is 14.0. The van der Waals surface area contributed by atoms with Crippen LogP contribution in [-0.4, -0.2) is 11.5 Å². The van der Waals surface area contributed by atoms with Gasteiger partial charge >= 0.3 is 0 Å². The van der Waals surface area contributed by atoms with E-state index < -0.39 is 11.6 Å². The van der Waals surface area contributed by atoms with E-state index in [9.17, 15) is 13.6 Å². The monoisotopic (exact) mass is 292 g/mol. The molecule has 3 rings (SSSR count). The van der Waals surface area contributed by atoms with Crippen molar-refractivity contribution in [1.82, 2.24) is 0 Å². The summed E-state index contributed by atoms with van der Waals surface area (Å²) in [6, 6.07) is 8.07. The van der Waals surface area contributed by atoms with Gasteiger partial charge in [0, 0.05) is 40.8 Å². The second-order valence-corrected chi connectivity index (χ2v) is 5.52. The minimum Gasteiger partial charge on any atom is -0.457 e. The molecule has 0 N–H and O–H groups in total. The lowest BCUT2D eigenvalue weighted by molar-refractivity contribution is 0.0984. The number of ketones is 1. The molecular weight excluding hydrogens is 282 g/mol. The van der Waals surface area contributed by atoms with E-state index in [1.807, 2.05) is 0 Å². The van der Waals surface area contributed by atoms with E-state index >= 15 is 0 Å². The van der Waals surface area contributed by atoms with Crippen molar-refractivity contribution in [2.24, 2.45) is 0 Å². The van der Waals surface area contributed by atoms with Gasteiger partial charge in [-0.15, -0.1) is 11.8 Å². The molecular formula is C15H10F2O2S. The summed E-state index contributed by atoms with van der Waals surface area (Å²) in [5.74, 6) is -0.104. The predicted molar refractivity (Wildman–Crippen MR) is 72.5 cm³/mol. The zero-order chi connectivity index (χ0) is 14.1. The van der Waals surface area contributed by atoms with Crippen LogP contribution in [0.2, 0.25) is 0 Å². The Kier molecular flexibility index (Phi) is 3.44.